The fourth-order valence-electron chi connectivity index (χ4n) is 7.60. The molecule has 1 fully saturated rings. The molecular weight excluding hydrogens is 581 g/mol. The Balaban J connectivity index is 1.39. The monoisotopic (exact) mass is 617 g/mol. The van der Waals surface area contributed by atoms with E-state index >= 15 is 4.11 Å². The fourth-order valence-corrected chi connectivity index (χ4v) is 10.1. The number of aliphatic hydroxyl groups excluding tert-OH is 1. The number of hydrogen-bond acceptors (Lipinski definition) is 6. The number of halogens is 1. The number of fused-ring (bicyclic) bond motifs is 3. The number of nitrogens with zero attached hydrogens (tertiary/aromatic N) is 3. The van der Waals surface area contributed by atoms with Crippen LogP contribution in [0, 0.1) is 16.0 Å². The Morgan fingerprint density at radius 2 is 1.80 bits per heavy atom. The fraction of sp³-hybridized carbons (Fsp3) is 0.394. The summed E-state index contributed by atoms with van der Waals surface area (Å²) < 4.78 is 23.0. The Kier molecular flexibility index (Phi) is 7.67. The van der Waals surface area contributed by atoms with Crippen molar-refractivity contribution in [3.8, 4) is 0 Å². The number of non-ortho nitro benzene ring substituents is 1. The Labute approximate surface area is 256 Å². The van der Waals surface area contributed by atoms with Gasteiger partial charge in [-0.05, 0) is 42.3 Å². The lowest BCUT2D eigenvalue weighted by Crippen LogP contribution is -2.48. The third-order valence-electron chi connectivity index (χ3n) is 9.60. The lowest BCUT2D eigenvalue weighted by atomic mass is 9.82. The third kappa shape index (κ3) is 4.92. The Bertz CT molecular complexity index is 1610. The summed E-state index contributed by atoms with van der Waals surface area (Å²) in [6.07, 6.45) is -0.610. The number of nitro benzene ring substituents is 1. The maximum atomic E-state index is 16.3. The summed E-state index contributed by atoms with van der Waals surface area (Å²) >= 11 is 0. The van der Waals surface area contributed by atoms with Crippen molar-refractivity contribution in [2.45, 2.75) is 69.2 Å². The molecule has 9 nitrogen and oxygen atoms in total. The number of hydrogen-bond donors (Lipinski definition) is 1. The van der Waals surface area contributed by atoms with Crippen LogP contribution in [-0.2, 0) is 39.4 Å². The summed E-state index contributed by atoms with van der Waals surface area (Å²) in [5.74, 6) is -1.40. The van der Waals surface area contributed by atoms with Crippen molar-refractivity contribution in [1.29, 1.82) is 0 Å². The number of rotatable bonds is 7. The van der Waals surface area contributed by atoms with E-state index in [1.165, 1.54) is 12.1 Å². The molecule has 3 aromatic rings. The minimum Gasteiger partial charge on any atom is -0.394 e. The van der Waals surface area contributed by atoms with E-state index in [0.29, 0.717) is 24.2 Å². The normalized spacial score (nSPS) is 26.2. The highest BCUT2D eigenvalue weighted by Crippen LogP contribution is 2.60. The molecule has 6 rings (SSSR count). The van der Waals surface area contributed by atoms with Crippen molar-refractivity contribution < 1.29 is 28.5 Å². The maximum absolute atomic E-state index is 16.3. The van der Waals surface area contributed by atoms with E-state index in [9.17, 15) is 24.8 Å². The second kappa shape index (κ2) is 11.2. The molecule has 5 atom stereocenters. The van der Waals surface area contributed by atoms with Crippen molar-refractivity contribution in [3.63, 3.8) is 0 Å². The molecule has 1 saturated heterocycles. The third-order valence-corrected chi connectivity index (χ3v) is 12.1. The van der Waals surface area contributed by atoms with Gasteiger partial charge in [-0.3, -0.25) is 19.7 Å². The van der Waals surface area contributed by atoms with Crippen LogP contribution in [-0.4, -0.2) is 53.9 Å². The van der Waals surface area contributed by atoms with E-state index in [0.717, 1.165) is 16.7 Å². The number of amides is 2. The Morgan fingerprint density at radius 3 is 2.45 bits per heavy atom. The van der Waals surface area contributed by atoms with Gasteiger partial charge in [-0.1, -0.05) is 61.5 Å². The van der Waals surface area contributed by atoms with E-state index in [1.807, 2.05) is 54.6 Å². The largest absolute Gasteiger partial charge is 0.394 e. The summed E-state index contributed by atoms with van der Waals surface area (Å²) in [6.45, 7) is 5.17. The zero-order valence-electron chi connectivity index (χ0n) is 25.0. The molecule has 3 aromatic carbocycles. The van der Waals surface area contributed by atoms with Gasteiger partial charge in [0.25, 0.3) is 11.6 Å². The number of carbonyl (C=O) groups is 2. The lowest BCUT2D eigenvalue weighted by molar-refractivity contribution is -0.385. The van der Waals surface area contributed by atoms with Gasteiger partial charge in [0.05, 0.1) is 42.3 Å². The quantitative estimate of drug-likeness (QED) is 0.168. The first-order chi connectivity index (χ1) is 21.0. The first-order valence-electron chi connectivity index (χ1n) is 14.9. The molecule has 0 aliphatic carbocycles. The summed E-state index contributed by atoms with van der Waals surface area (Å²) in [5.41, 5.74) is 1.10. The van der Waals surface area contributed by atoms with Crippen LogP contribution in [0.4, 0.5) is 15.5 Å². The van der Waals surface area contributed by atoms with Crippen molar-refractivity contribution in [1.82, 2.24) is 4.90 Å². The molecular formula is C33H36FN3O6Si. The van der Waals surface area contributed by atoms with Crippen LogP contribution < -0.4 is 4.90 Å². The highest BCUT2D eigenvalue weighted by molar-refractivity contribution is 6.72. The van der Waals surface area contributed by atoms with Crippen LogP contribution >= 0.6 is 0 Å². The molecule has 0 aromatic heterocycles. The second-order valence-electron chi connectivity index (χ2n) is 12.6. The molecule has 230 valence electrons. The average Bonchev–Trinajstić information content (AvgIpc) is 3.42. The molecule has 1 spiro atoms. The molecule has 0 unspecified atom stereocenters. The van der Waals surface area contributed by atoms with Crippen LogP contribution in [0.5, 0.6) is 0 Å². The Hall–Kier alpha value is -3.93. The molecule has 0 radical (unpaired) electrons. The lowest BCUT2D eigenvalue weighted by Gasteiger charge is -2.37. The van der Waals surface area contributed by atoms with Gasteiger partial charge in [0.15, 0.2) is 5.60 Å². The van der Waals surface area contributed by atoms with Gasteiger partial charge in [0, 0.05) is 35.7 Å². The van der Waals surface area contributed by atoms with Crippen LogP contribution in [0.1, 0.15) is 35.6 Å². The minimum absolute atomic E-state index is 0.175. The molecule has 0 bridgehead atoms. The molecule has 0 saturated carbocycles. The van der Waals surface area contributed by atoms with Gasteiger partial charge in [-0.15, -0.1) is 0 Å². The van der Waals surface area contributed by atoms with E-state index in [1.54, 1.807) is 35.9 Å². The molecule has 44 heavy (non-hydrogen) atoms. The number of nitro groups is 1. The van der Waals surface area contributed by atoms with Crippen molar-refractivity contribution in [2.24, 2.45) is 5.92 Å². The van der Waals surface area contributed by atoms with Gasteiger partial charge < -0.3 is 23.8 Å². The van der Waals surface area contributed by atoms with Crippen molar-refractivity contribution in [3.05, 3.63) is 105 Å². The van der Waals surface area contributed by atoms with Gasteiger partial charge in [0.1, 0.15) is 0 Å². The van der Waals surface area contributed by atoms with E-state index < -0.39 is 48.4 Å². The zero-order valence-corrected chi connectivity index (χ0v) is 26.0. The zero-order chi connectivity index (χ0) is 31.4. The summed E-state index contributed by atoms with van der Waals surface area (Å²) in [4.78, 5) is 43.0. The summed E-state index contributed by atoms with van der Waals surface area (Å²) in [5, 5.41) is 22.0. The highest BCUT2D eigenvalue weighted by atomic mass is 28.4. The number of carbonyl (C=O) groups excluding carboxylic acids is 2. The first-order valence-corrected chi connectivity index (χ1v) is 17.9. The molecule has 3 aliphatic rings. The SMILES string of the molecule is C[C@H]1[C@H]([Si](C)(C)F)[C@@H](CC(=O)N2Cc3ccccc3C[C@H]2CO)O[C@]12C(=O)N(Cc1ccccc1)c1ccc([N+](=O)[O-])cc12. The molecule has 11 heteroatoms. The smallest absolute Gasteiger partial charge is 0.269 e. The number of anilines is 1. The van der Waals surface area contributed by atoms with Gasteiger partial charge in [0.2, 0.25) is 14.3 Å². The van der Waals surface area contributed by atoms with Gasteiger partial charge >= 0.3 is 0 Å². The topological polar surface area (TPSA) is 113 Å². The predicted octanol–water partition coefficient (Wildman–Crippen LogP) is 5.25. The highest BCUT2D eigenvalue weighted by Gasteiger charge is 2.67. The minimum atomic E-state index is -3.58. The molecule has 2 amide bonds. The van der Waals surface area contributed by atoms with E-state index in [2.05, 4.69) is 0 Å². The number of benzene rings is 3. The van der Waals surface area contributed by atoms with Gasteiger partial charge in [-0.25, -0.2) is 0 Å². The summed E-state index contributed by atoms with van der Waals surface area (Å²) in [6, 6.07) is 21.0. The Morgan fingerprint density at radius 1 is 1.11 bits per heavy atom. The van der Waals surface area contributed by atoms with Crippen LogP contribution in [0.25, 0.3) is 0 Å². The first kappa shape index (κ1) is 30.1. The maximum Gasteiger partial charge on any atom is 0.269 e. The van der Waals surface area contributed by atoms with Crippen LogP contribution in [0.3, 0.4) is 0 Å². The van der Waals surface area contributed by atoms with Crippen LogP contribution in [0.15, 0.2) is 72.8 Å². The number of aliphatic hydroxyl groups is 1. The molecule has 3 aliphatic heterocycles. The van der Waals surface area contributed by atoms with Crippen LogP contribution in [0.2, 0.25) is 18.6 Å². The predicted molar refractivity (Wildman–Crippen MR) is 165 cm³/mol. The molecule has 3 heterocycles. The van der Waals surface area contributed by atoms with Gasteiger partial charge in [-0.2, -0.15) is 0 Å². The van der Waals surface area contributed by atoms with E-state index in [-0.39, 0.29) is 31.2 Å². The average molecular weight is 618 g/mol. The standard InChI is InChI=1S/C33H36FN3O6Si/c1-21-31(44(2,3)34)29(17-30(39)35-19-24-12-8-7-11-23(24)15-26(35)20-38)43-33(21)27-16-25(37(41)42)13-14-28(27)36(32(33)40)18-22-9-5-4-6-10-22/h4-14,16,21,26,29,31,38H,15,17-20H2,1-3H3/t21-,26-,29+,31-,33+/m0/s1. The van der Waals surface area contributed by atoms with Crippen molar-refractivity contribution in [2.75, 3.05) is 11.5 Å². The number of ether oxygens (including phenoxy) is 1. The van der Waals surface area contributed by atoms with Crippen molar-refractivity contribution >= 4 is 31.6 Å². The summed E-state index contributed by atoms with van der Waals surface area (Å²) in [7, 11) is -3.58. The molecule has 1 N–H and O–H groups in total. The second-order valence-corrected chi connectivity index (χ2v) is 16.4. The van der Waals surface area contributed by atoms with E-state index in [4.69, 9.17) is 4.74 Å².